The van der Waals surface area contributed by atoms with Gasteiger partial charge >= 0.3 is 0 Å². The molecule has 2 aliphatic heterocycles. The number of carbonyl (C=O) groups excluding carboxylic acids is 3. The molecule has 0 bridgehead atoms. The lowest BCUT2D eigenvalue weighted by Gasteiger charge is -2.21. The smallest absolute Gasteiger partial charge is 0.263 e. The monoisotopic (exact) mass is 393 g/mol. The predicted molar refractivity (Wildman–Crippen MR) is 105 cm³/mol. The summed E-state index contributed by atoms with van der Waals surface area (Å²) in [5.41, 5.74) is 1.95. The van der Waals surface area contributed by atoms with E-state index in [1.165, 1.54) is 16.7 Å². The van der Waals surface area contributed by atoms with Gasteiger partial charge in [-0.25, -0.2) is 0 Å². The average molecular weight is 393 g/mol. The minimum atomic E-state index is -0.419. The molecule has 0 N–H and O–H groups in total. The highest BCUT2D eigenvalue weighted by molar-refractivity contribution is 8.15. The van der Waals surface area contributed by atoms with Crippen molar-refractivity contribution in [1.82, 2.24) is 14.8 Å². The zero-order chi connectivity index (χ0) is 19.7. The zero-order valence-corrected chi connectivity index (χ0v) is 15.7. The van der Waals surface area contributed by atoms with E-state index in [0.717, 1.165) is 4.90 Å². The van der Waals surface area contributed by atoms with E-state index in [0.29, 0.717) is 27.7 Å². The van der Waals surface area contributed by atoms with E-state index in [-0.39, 0.29) is 18.3 Å². The summed E-state index contributed by atoms with van der Waals surface area (Å²) in [6, 6.07) is 12.1. The number of pyridine rings is 1. The van der Waals surface area contributed by atoms with E-state index >= 15 is 0 Å². The summed E-state index contributed by atoms with van der Waals surface area (Å²) < 4.78 is 0. The Morgan fingerprint density at radius 1 is 1.04 bits per heavy atom. The molecule has 2 aliphatic rings. The molecule has 0 spiro atoms. The minimum Gasteiger partial charge on any atom is -0.273 e. The molecule has 1 aromatic carbocycles. The molecule has 2 aromatic rings. The number of nitrogens with zero attached hydrogens (tertiary/aromatic N) is 5. The lowest BCUT2D eigenvalue weighted by Crippen LogP contribution is -2.43. The molecule has 1 aromatic heterocycles. The fourth-order valence-corrected chi connectivity index (χ4v) is 3.69. The molecule has 140 valence electrons. The van der Waals surface area contributed by atoms with Crippen LogP contribution in [0.2, 0.25) is 0 Å². The normalized spacial score (nSPS) is 18.4. The van der Waals surface area contributed by atoms with Crippen LogP contribution < -0.4 is 0 Å². The maximum atomic E-state index is 12.5. The van der Waals surface area contributed by atoms with Crippen molar-refractivity contribution in [2.45, 2.75) is 6.92 Å². The van der Waals surface area contributed by atoms with E-state index in [1.54, 1.807) is 43.5 Å². The van der Waals surface area contributed by atoms with Gasteiger partial charge in [-0.15, -0.1) is 5.10 Å². The van der Waals surface area contributed by atoms with Crippen LogP contribution in [0.5, 0.6) is 0 Å². The van der Waals surface area contributed by atoms with Crippen LogP contribution >= 0.6 is 11.8 Å². The largest absolute Gasteiger partial charge is 0.273 e. The van der Waals surface area contributed by atoms with Crippen LogP contribution in [0.25, 0.3) is 0 Å². The van der Waals surface area contributed by atoms with Crippen molar-refractivity contribution in [2.75, 3.05) is 12.4 Å². The summed E-state index contributed by atoms with van der Waals surface area (Å²) in [6.07, 6.45) is 1.66. The van der Waals surface area contributed by atoms with Gasteiger partial charge in [-0.1, -0.05) is 30.0 Å². The Balaban J connectivity index is 1.56. The SMILES string of the molecule is C/C(=N\N=C1/SCC(=O)N1CN1C(=O)c2ccccc2C1=O)c1ccccn1. The number of hydrogen-bond donors (Lipinski definition) is 0. The molecule has 0 unspecified atom stereocenters. The van der Waals surface area contributed by atoms with Gasteiger partial charge in [0.05, 0.1) is 28.3 Å². The molecule has 1 fully saturated rings. The van der Waals surface area contributed by atoms with Crippen molar-refractivity contribution in [3.63, 3.8) is 0 Å². The van der Waals surface area contributed by atoms with Gasteiger partial charge in [0, 0.05) is 6.20 Å². The van der Waals surface area contributed by atoms with E-state index in [9.17, 15) is 14.4 Å². The third-order valence-corrected chi connectivity index (χ3v) is 5.29. The first-order chi connectivity index (χ1) is 13.6. The molecule has 8 nitrogen and oxygen atoms in total. The highest BCUT2D eigenvalue weighted by Gasteiger charge is 2.39. The second-order valence-electron chi connectivity index (χ2n) is 6.12. The summed E-state index contributed by atoms with van der Waals surface area (Å²) >= 11 is 1.22. The van der Waals surface area contributed by atoms with Crippen molar-refractivity contribution < 1.29 is 14.4 Å². The van der Waals surface area contributed by atoms with Crippen molar-refractivity contribution >= 4 is 40.4 Å². The van der Waals surface area contributed by atoms with Crippen molar-refractivity contribution in [1.29, 1.82) is 0 Å². The molecule has 0 radical (unpaired) electrons. The molecule has 0 atom stereocenters. The van der Waals surface area contributed by atoms with Gasteiger partial charge in [-0.05, 0) is 31.2 Å². The van der Waals surface area contributed by atoms with Crippen LogP contribution in [-0.4, -0.2) is 55.8 Å². The molecule has 28 heavy (non-hydrogen) atoms. The maximum Gasteiger partial charge on any atom is 0.263 e. The fourth-order valence-electron chi connectivity index (χ4n) is 2.87. The first kappa shape index (κ1) is 18.1. The third-order valence-electron chi connectivity index (χ3n) is 4.34. The van der Waals surface area contributed by atoms with Crippen LogP contribution in [0.3, 0.4) is 0 Å². The van der Waals surface area contributed by atoms with Gasteiger partial charge in [0.2, 0.25) is 5.91 Å². The van der Waals surface area contributed by atoms with Gasteiger partial charge in [-0.3, -0.25) is 29.2 Å². The Kier molecular flexibility index (Phi) is 4.74. The van der Waals surface area contributed by atoms with E-state index in [1.807, 2.05) is 12.1 Å². The number of benzene rings is 1. The van der Waals surface area contributed by atoms with Gasteiger partial charge in [-0.2, -0.15) is 5.10 Å². The first-order valence-corrected chi connectivity index (χ1v) is 9.47. The molecular weight excluding hydrogens is 378 g/mol. The molecule has 9 heteroatoms. The Hall–Kier alpha value is -3.33. The molecule has 4 rings (SSSR count). The molecular formula is C19H15N5O3S. The Bertz CT molecular complexity index is 1000. The maximum absolute atomic E-state index is 12.5. The minimum absolute atomic E-state index is 0.181. The van der Waals surface area contributed by atoms with Gasteiger partial charge in [0.25, 0.3) is 11.8 Å². The topological polar surface area (TPSA) is 95.3 Å². The van der Waals surface area contributed by atoms with Crippen LogP contribution in [0, 0.1) is 0 Å². The molecule has 3 amide bonds. The zero-order valence-electron chi connectivity index (χ0n) is 14.9. The molecule has 1 saturated heterocycles. The lowest BCUT2D eigenvalue weighted by molar-refractivity contribution is -0.124. The summed E-state index contributed by atoms with van der Waals surface area (Å²) in [5, 5.41) is 8.65. The second-order valence-corrected chi connectivity index (χ2v) is 7.06. The van der Waals surface area contributed by atoms with E-state index in [4.69, 9.17) is 0 Å². The number of rotatable bonds is 4. The Morgan fingerprint density at radius 2 is 1.71 bits per heavy atom. The summed E-state index contributed by atoms with van der Waals surface area (Å²) in [6.45, 7) is 1.58. The molecule has 0 saturated carbocycles. The Labute approximate surface area is 165 Å². The van der Waals surface area contributed by atoms with Crippen LogP contribution in [0.4, 0.5) is 0 Å². The number of fused-ring (bicyclic) bond motifs is 1. The first-order valence-electron chi connectivity index (χ1n) is 8.48. The number of aromatic nitrogens is 1. The summed E-state index contributed by atoms with van der Waals surface area (Å²) in [7, 11) is 0. The number of hydrogen-bond acceptors (Lipinski definition) is 7. The van der Waals surface area contributed by atoms with Crippen molar-refractivity contribution in [2.24, 2.45) is 10.2 Å². The summed E-state index contributed by atoms with van der Waals surface area (Å²) in [5.74, 6) is -0.887. The average Bonchev–Trinajstić information content (AvgIpc) is 3.20. The number of amidine groups is 1. The van der Waals surface area contributed by atoms with E-state index < -0.39 is 11.8 Å². The van der Waals surface area contributed by atoms with E-state index in [2.05, 4.69) is 15.2 Å². The van der Waals surface area contributed by atoms with Gasteiger partial charge in [0.15, 0.2) is 5.17 Å². The quantitative estimate of drug-likeness (QED) is 0.450. The van der Waals surface area contributed by atoms with Crippen molar-refractivity contribution in [3.05, 3.63) is 65.5 Å². The third kappa shape index (κ3) is 3.20. The van der Waals surface area contributed by atoms with Crippen LogP contribution in [0.1, 0.15) is 33.3 Å². The van der Waals surface area contributed by atoms with Crippen LogP contribution in [-0.2, 0) is 4.79 Å². The van der Waals surface area contributed by atoms with Crippen molar-refractivity contribution in [3.8, 4) is 0 Å². The highest BCUT2D eigenvalue weighted by atomic mass is 32.2. The number of amides is 3. The fraction of sp³-hybridized carbons (Fsp3) is 0.158. The number of imide groups is 1. The highest BCUT2D eigenvalue weighted by Crippen LogP contribution is 2.26. The standard InChI is InChI=1S/C19H15N5O3S/c1-12(15-8-4-5-9-20-15)21-22-19-23(16(25)10-28-19)11-24-17(26)13-6-2-3-7-14(13)18(24)27/h2-9H,10-11H2,1H3/b21-12+,22-19-. The Morgan fingerprint density at radius 3 is 2.36 bits per heavy atom. The molecule has 0 aliphatic carbocycles. The summed E-state index contributed by atoms with van der Waals surface area (Å²) in [4.78, 5) is 43.9. The van der Waals surface area contributed by atoms with Gasteiger partial charge in [0.1, 0.15) is 6.67 Å². The number of thioether (sulfide) groups is 1. The number of carbonyl (C=O) groups is 3. The lowest BCUT2D eigenvalue weighted by atomic mass is 10.1. The predicted octanol–water partition coefficient (Wildman–Crippen LogP) is 1.99. The second kappa shape index (κ2) is 7.35. The van der Waals surface area contributed by atoms with Gasteiger partial charge < -0.3 is 0 Å². The van der Waals surface area contributed by atoms with Crippen LogP contribution in [0.15, 0.2) is 58.9 Å². The molecule has 3 heterocycles.